The number of hydrogen-bond donors (Lipinski definition) is 0. The van der Waals surface area contributed by atoms with Crippen LogP contribution in [0.15, 0.2) is 89.6 Å². The Morgan fingerprint density at radius 1 is 0.577 bits per heavy atom. The van der Waals surface area contributed by atoms with Crippen molar-refractivity contribution in [2.45, 2.75) is 0 Å². The summed E-state index contributed by atoms with van der Waals surface area (Å²) in [5.41, 5.74) is 0.414. The van der Waals surface area contributed by atoms with Gasteiger partial charge in [-0.25, -0.2) is 9.59 Å². The molecule has 0 aliphatic heterocycles. The van der Waals surface area contributed by atoms with Gasteiger partial charge in [0.05, 0.1) is 15.8 Å². The van der Waals surface area contributed by atoms with Gasteiger partial charge in [0.15, 0.2) is 0 Å². The molecule has 0 radical (unpaired) electrons. The van der Waals surface area contributed by atoms with E-state index in [4.69, 9.17) is 24.9 Å². The van der Waals surface area contributed by atoms with Crippen molar-refractivity contribution in [1.82, 2.24) is 0 Å². The Morgan fingerprint density at radius 3 is 1.62 bits per heavy atom. The molecule has 3 aromatic carbocycles. The van der Waals surface area contributed by atoms with E-state index in [1.54, 1.807) is 48.5 Å². The average molecular weight is 367 g/mol. The molecule has 0 amide bonds. The van der Waals surface area contributed by atoms with Crippen molar-refractivity contribution in [3.63, 3.8) is 0 Å². The molecule has 4 aromatic heterocycles. The first-order chi connectivity index (χ1) is 12.6. The molecule has 0 saturated heterocycles. The van der Waals surface area contributed by atoms with Gasteiger partial charge < -0.3 is 13.3 Å². The highest BCUT2D eigenvalue weighted by molar-refractivity contribution is 6.33. The van der Waals surface area contributed by atoms with Crippen molar-refractivity contribution in [3.8, 4) is 0 Å². The van der Waals surface area contributed by atoms with Gasteiger partial charge in [-0.15, -0.1) is 0 Å². The SMILES string of the molecule is O=c1oc2ccc(oc(=O)c3ccc(cc3)oc3ccc1cc3)c(Cl)c2. The molecular formula is C20H11ClO5. The lowest BCUT2D eigenvalue weighted by atomic mass is 10.3. The molecule has 0 aliphatic rings. The summed E-state index contributed by atoms with van der Waals surface area (Å²) in [5, 5.41) is 0.871. The van der Waals surface area contributed by atoms with E-state index in [0.717, 1.165) is 0 Å². The van der Waals surface area contributed by atoms with Crippen LogP contribution >= 0.6 is 11.6 Å². The molecule has 0 saturated carbocycles. The summed E-state index contributed by atoms with van der Waals surface area (Å²) >= 11 is 6.14. The lowest BCUT2D eigenvalue weighted by molar-refractivity contribution is 0.560. The van der Waals surface area contributed by atoms with Crippen LogP contribution in [0.25, 0.3) is 33.1 Å². The maximum Gasteiger partial charge on any atom is 0.343 e. The molecule has 7 aromatic rings. The second kappa shape index (κ2) is 6.54. The summed E-state index contributed by atoms with van der Waals surface area (Å²) in [4.78, 5) is 24.5. The maximum absolute atomic E-state index is 12.3. The molecule has 6 heteroatoms. The molecule has 0 unspecified atom stereocenters. The number of halogens is 1. The lowest BCUT2D eigenvalue weighted by Crippen LogP contribution is -1.95. The zero-order valence-corrected chi connectivity index (χ0v) is 14.0. The average Bonchev–Trinajstić information content (AvgIpc) is 2.65. The molecular weight excluding hydrogens is 356 g/mol. The fourth-order valence-electron chi connectivity index (χ4n) is 2.41. The Bertz CT molecular complexity index is 1300. The summed E-state index contributed by atoms with van der Waals surface area (Å²) < 4.78 is 16.3. The van der Waals surface area contributed by atoms with E-state index in [-0.39, 0.29) is 16.2 Å². The van der Waals surface area contributed by atoms with Gasteiger partial charge in [0, 0.05) is 6.07 Å². The van der Waals surface area contributed by atoms with E-state index in [0.29, 0.717) is 21.9 Å². The molecule has 5 nitrogen and oxygen atoms in total. The van der Waals surface area contributed by atoms with Crippen LogP contribution in [-0.2, 0) is 0 Å². The van der Waals surface area contributed by atoms with Crippen molar-refractivity contribution < 1.29 is 13.3 Å². The third-order valence-corrected chi connectivity index (χ3v) is 4.03. The topological polar surface area (TPSA) is 73.6 Å². The Labute approximate surface area is 151 Å². The van der Waals surface area contributed by atoms with Crippen LogP contribution in [0.3, 0.4) is 0 Å². The van der Waals surface area contributed by atoms with Crippen LogP contribution in [0.2, 0.25) is 5.02 Å². The molecule has 0 spiro atoms. The van der Waals surface area contributed by atoms with Crippen molar-refractivity contribution >= 4 is 44.7 Å². The normalized spacial score (nSPS) is 10.8. The van der Waals surface area contributed by atoms with Crippen LogP contribution < -0.4 is 11.3 Å². The van der Waals surface area contributed by atoms with Gasteiger partial charge in [-0.1, -0.05) is 11.6 Å². The maximum atomic E-state index is 12.3. The van der Waals surface area contributed by atoms with Crippen molar-refractivity contribution in [2.75, 3.05) is 0 Å². The summed E-state index contributed by atoms with van der Waals surface area (Å²) in [7, 11) is 0. The van der Waals surface area contributed by atoms with Gasteiger partial charge in [0.25, 0.3) is 0 Å². The fourth-order valence-corrected chi connectivity index (χ4v) is 2.62. The second-order valence-electron chi connectivity index (χ2n) is 5.52. The van der Waals surface area contributed by atoms with E-state index < -0.39 is 11.3 Å². The lowest BCUT2D eigenvalue weighted by Gasteiger charge is -1.92. The van der Waals surface area contributed by atoms with Gasteiger partial charge in [0.1, 0.15) is 22.3 Å². The molecule has 0 aliphatic carbocycles. The van der Waals surface area contributed by atoms with E-state index in [9.17, 15) is 9.59 Å². The Kier molecular flexibility index (Phi) is 4.07. The molecule has 0 atom stereocenters. The number of benzene rings is 3. The second-order valence-corrected chi connectivity index (χ2v) is 5.93. The molecule has 6 bridgehead atoms. The molecule has 26 heavy (non-hydrogen) atoms. The van der Waals surface area contributed by atoms with Crippen LogP contribution in [0.4, 0.5) is 0 Å². The van der Waals surface area contributed by atoms with Gasteiger partial charge in [0.2, 0.25) is 0 Å². The Balaban J connectivity index is 2.18. The fraction of sp³-hybridized carbons (Fsp3) is 0. The highest BCUT2D eigenvalue weighted by Crippen LogP contribution is 2.18. The standard InChI is InChI=1S/C20H11ClO5/c21-17-11-16-9-10-18(17)26-20(23)13-3-7-15(8-4-13)24-14-5-1-12(2-6-14)19(22)25-16/h1-11H. The van der Waals surface area contributed by atoms with Gasteiger partial charge in [-0.2, -0.15) is 0 Å². The Morgan fingerprint density at radius 2 is 1.08 bits per heavy atom. The van der Waals surface area contributed by atoms with E-state index in [1.165, 1.54) is 18.2 Å². The minimum Gasteiger partial charge on any atom is -0.457 e. The molecule has 0 N–H and O–H groups in total. The summed E-state index contributed by atoms with van der Waals surface area (Å²) in [6.07, 6.45) is 0. The first kappa shape index (κ1) is 16.2. The summed E-state index contributed by atoms with van der Waals surface area (Å²) in [5.74, 6) is 0. The third kappa shape index (κ3) is 3.25. The van der Waals surface area contributed by atoms with Crippen molar-refractivity contribution in [3.05, 3.63) is 92.6 Å². The van der Waals surface area contributed by atoms with Crippen molar-refractivity contribution in [1.29, 1.82) is 0 Å². The van der Waals surface area contributed by atoms with Crippen LogP contribution in [-0.4, -0.2) is 0 Å². The number of fused-ring (bicyclic) bond motifs is 3. The first-order valence-electron chi connectivity index (χ1n) is 7.70. The van der Waals surface area contributed by atoms with Crippen molar-refractivity contribution in [2.24, 2.45) is 0 Å². The third-order valence-electron chi connectivity index (χ3n) is 3.73. The minimum absolute atomic E-state index is 0.156. The van der Waals surface area contributed by atoms with Crippen LogP contribution in [0.1, 0.15) is 0 Å². The molecule has 7 rings (SSSR count). The van der Waals surface area contributed by atoms with E-state index >= 15 is 0 Å². The smallest absolute Gasteiger partial charge is 0.343 e. The van der Waals surface area contributed by atoms with Gasteiger partial charge >= 0.3 is 11.3 Å². The Hall–Kier alpha value is -3.31. The van der Waals surface area contributed by atoms with Gasteiger partial charge in [-0.3, -0.25) is 0 Å². The summed E-state index contributed by atoms with van der Waals surface area (Å²) in [6.45, 7) is 0. The van der Waals surface area contributed by atoms with Crippen LogP contribution in [0.5, 0.6) is 0 Å². The zero-order valence-electron chi connectivity index (χ0n) is 13.3. The van der Waals surface area contributed by atoms with E-state index in [1.807, 2.05) is 0 Å². The predicted octanol–water partition coefficient (Wildman–Crippen LogP) is 4.99. The molecule has 128 valence electrons. The molecule has 4 heterocycles. The quantitative estimate of drug-likeness (QED) is 0.438. The zero-order chi connectivity index (χ0) is 18.1. The van der Waals surface area contributed by atoms with Crippen LogP contribution in [0, 0.1) is 0 Å². The summed E-state index contributed by atoms with van der Waals surface area (Å²) in [6, 6.07) is 17.4. The highest BCUT2D eigenvalue weighted by atomic mass is 35.5. The van der Waals surface area contributed by atoms with E-state index in [2.05, 4.69) is 0 Å². The molecule has 0 fully saturated rings. The number of hydrogen-bond acceptors (Lipinski definition) is 5. The predicted molar refractivity (Wildman–Crippen MR) is 99.8 cm³/mol. The monoisotopic (exact) mass is 366 g/mol. The largest absolute Gasteiger partial charge is 0.457 e. The van der Waals surface area contributed by atoms with Gasteiger partial charge in [-0.05, 0) is 60.7 Å². The highest BCUT2D eigenvalue weighted by Gasteiger charge is 2.00. The first-order valence-corrected chi connectivity index (χ1v) is 8.08. The number of rotatable bonds is 0. The minimum atomic E-state index is -0.559.